The van der Waals surface area contributed by atoms with Crippen LogP contribution in [0.15, 0.2) is 12.1 Å². The van der Waals surface area contributed by atoms with Crippen LogP contribution in [0.3, 0.4) is 0 Å². The molecule has 1 saturated heterocycles. The summed E-state index contributed by atoms with van der Waals surface area (Å²) < 4.78 is 0. The zero-order chi connectivity index (χ0) is 28.2. The molecule has 210 valence electrons. The predicted octanol–water partition coefficient (Wildman–Crippen LogP) is 1.03. The number of fused-ring (bicyclic) bond motifs is 3. The number of rotatable bonds is 6. The molecule has 3 fully saturated rings. The lowest BCUT2D eigenvalue weighted by Gasteiger charge is -2.48. The van der Waals surface area contributed by atoms with Crippen LogP contribution in [0, 0.1) is 23.7 Å². The van der Waals surface area contributed by atoms with Crippen molar-refractivity contribution >= 4 is 34.7 Å². The Morgan fingerprint density at radius 1 is 1.13 bits per heavy atom. The number of unbranched alkanes of at least 4 members (excludes halogenated alkanes) is 1. The van der Waals surface area contributed by atoms with Crippen LogP contribution in [-0.2, 0) is 25.6 Å². The topological polar surface area (TPSA) is 158 Å². The number of nitrogens with two attached hydrogens (primary N) is 1. The molecule has 0 bridgehead atoms. The van der Waals surface area contributed by atoms with E-state index >= 15 is 0 Å². The Morgan fingerprint density at radius 2 is 1.82 bits per heavy atom. The molecule has 39 heavy (non-hydrogen) atoms. The van der Waals surface area contributed by atoms with Gasteiger partial charge in [0.1, 0.15) is 5.75 Å². The molecule has 10 heteroatoms. The van der Waals surface area contributed by atoms with Gasteiger partial charge in [0, 0.05) is 24.9 Å². The molecule has 1 aromatic carbocycles. The summed E-state index contributed by atoms with van der Waals surface area (Å²) in [4.78, 5) is 69.5. The first-order valence-corrected chi connectivity index (χ1v) is 14.0. The Hall–Kier alpha value is -3.11. The number of ketones is 4. The van der Waals surface area contributed by atoms with Gasteiger partial charge in [0.25, 0.3) is 0 Å². The molecule has 3 aliphatic carbocycles. The number of primary amides is 1. The average molecular weight is 540 g/mol. The third-order valence-electron chi connectivity index (χ3n) is 9.44. The van der Waals surface area contributed by atoms with Crippen molar-refractivity contribution in [1.29, 1.82) is 0 Å². The minimum atomic E-state index is -2.63. The number of piperidine rings is 1. The molecule has 1 heterocycles. The highest BCUT2D eigenvalue weighted by Gasteiger charge is 2.66. The molecule has 1 aromatic rings. The number of Topliss-reactive ketones (excluding diaryl/α,β-unsaturated/α-hetero) is 4. The maximum absolute atomic E-state index is 13.9. The van der Waals surface area contributed by atoms with Crippen molar-refractivity contribution in [1.82, 2.24) is 4.90 Å². The van der Waals surface area contributed by atoms with Crippen LogP contribution in [0.25, 0.3) is 0 Å². The van der Waals surface area contributed by atoms with Gasteiger partial charge in [-0.1, -0.05) is 19.4 Å². The van der Waals surface area contributed by atoms with Crippen molar-refractivity contribution in [3.63, 3.8) is 0 Å². The van der Waals surface area contributed by atoms with Crippen molar-refractivity contribution in [3.05, 3.63) is 23.3 Å². The number of carbonyl (C=O) groups excluding carboxylic acids is 5. The van der Waals surface area contributed by atoms with E-state index in [0.717, 1.165) is 45.3 Å². The van der Waals surface area contributed by atoms with Crippen LogP contribution < -0.4 is 10.6 Å². The Labute approximate surface area is 227 Å². The maximum Gasteiger partial charge on any atom is 0.235 e. The van der Waals surface area contributed by atoms with Crippen LogP contribution in [0.5, 0.6) is 5.75 Å². The van der Waals surface area contributed by atoms with Gasteiger partial charge in [0.15, 0.2) is 34.7 Å². The van der Waals surface area contributed by atoms with E-state index in [0.29, 0.717) is 17.7 Å². The average Bonchev–Trinajstić information content (AvgIpc) is 2.88. The third-order valence-corrected chi connectivity index (χ3v) is 9.44. The second-order valence-electron chi connectivity index (χ2n) is 11.8. The monoisotopic (exact) mass is 539 g/mol. The van der Waals surface area contributed by atoms with E-state index < -0.39 is 58.3 Å². The normalized spacial score (nSPS) is 31.5. The van der Waals surface area contributed by atoms with Gasteiger partial charge >= 0.3 is 0 Å². The number of aliphatic hydroxyl groups is 1. The molecule has 0 radical (unpaired) electrons. The summed E-state index contributed by atoms with van der Waals surface area (Å²) in [5, 5.41) is 22.9. The van der Waals surface area contributed by atoms with E-state index in [9.17, 15) is 34.2 Å². The van der Waals surface area contributed by atoms with Crippen LogP contribution in [0.4, 0.5) is 5.69 Å². The van der Waals surface area contributed by atoms with Crippen molar-refractivity contribution in [3.8, 4) is 5.75 Å². The molecule has 5 rings (SSSR count). The molecule has 5 atom stereocenters. The largest absolute Gasteiger partial charge is 0.505 e. The van der Waals surface area contributed by atoms with Crippen molar-refractivity contribution in [2.24, 2.45) is 29.4 Å². The molecule has 4 aliphatic rings. The third kappa shape index (κ3) is 4.28. The summed E-state index contributed by atoms with van der Waals surface area (Å²) in [6.45, 7) is 4.67. The number of phenols is 1. The summed E-state index contributed by atoms with van der Waals surface area (Å²) in [7, 11) is 2.08. The van der Waals surface area contributed by atoms with Gasteiger partial charge in [-0.25, -0.2) is 0 Å². The number of amides is 1. The van der Waals surface area contributed by atoms with Gasteiger partial charge in [0.05, 0.1) is 17.2 Å². The molecular weight excluding hydrogens is 502 g/mol. The number of hydrogen-bond acceptors (Lipinski definition) is 9. The van der Waals surface area contributed by atoms with Crippen molar-refractivity contribution in [2.75, 3.05) is 31.6 Å². The number of aromatic hydroxyl groups is 1. The highest BCUT2D eigenvalue weighted by molar-refractivity contribution is 6.31. The SMILES string of the molecule is CCCCN(c1ccc2c(c1O)C(=O)C1C(=O)[C@]3(O)C(=O)C(C(N)=O)C(=O)C[C@@H]3C[C@@H]1C2)C1CCN(C)CC1. The Bertz CT molecular complexity index is 1240. The highest BCUT2D eigenvalue weighted by Crippen LogP contribution is 2.51. The van der Waals surface area contributed by atoms with Crippen LogP contribution >= 0.6 is 0 Å². The number of anilines is 1. The van der Waals surface area contributed by atoms with E-state index in [2.05, 4.69) is 23.8 Å². The van der Waals surface area contributed by atoms with E-state index in [1.165, 1.54) is 0 Å². The van der Waals surface area contributed by atoms with Crippen LogP contribution in [0.2, 0.25) is 0 Å². The minimum absolute atomic E-state index is 0.0596. The van der Waals surface area contributed by atoms with Crippen LogP contribution in [0.1, 0.15) is 61.4 Å². The molecule has 1 aliphatic heterocycles. The van der Waals surface area contributed by atoms with Crippen LogP contribution in [-0.4, -0.2) is 82.5 Å². The summed E-state index contributed by atoms with van der Waals surface area (Å²) in [6, 6.07) is 3.88. The van der Waals surface area contributed by atoms with E-state index in [1.807, 2.05) is 12.1 Å². The molecule has 10 nitrogen and oxygen atoms in total. The molecule has 4 N–H and O–H groups in total. The molecule has 1 amide bonds. The van der Waals surface area contributed by atoms with Crippen molar-refractivity contribution < 1.29 is 34.2 Å². The van der Waals surface area contributed by atoms with Gasteiger partial charge in [-0.3, -0.25) is 24.0 Å². The zero-order valence-corrected chi connectivity index (χ0v) is 22.5. The lowest BCUT2D eigenvalue weighted by Crippen LogP contribution is -2.68. The minimum Gasteiger partial charge on any atom is -0.505 e. The van der Waals surface area contributed by atoms with Gasteiger partial charge in [-0.2, -0.15) is 0 Å². The summed E-state index contributed by atoms with van der Waals surface area (Å²) in [5.74, 6) is -9.74. The predicted molar refractivity (Wildman–Crippen MR) is 141 cm³/mol. The Morgan fingerprint density at radius 3 is 2.46 bits per heavy atom. The van der Waals surface area contributed by atoms with E-state index in [-0.39, 0.29) is 30.2 Å². The molecule has 0 spiro atoms. The highest BCUT2D eigenvalue weighted by atomic mass is 16.3. The number of carbonyl (C=O) groups is 5. The fourth-order valence-electron chi connectivity index (χ4n) is 7.30. The van der Waals surface area contributed by atoms with E-state index in [4.69, 9.17) is 5.73 Å². The van der Waals surface area contributed by atoms with Gasteiger partial charge < -0.3 is 25.7 Å². The number of likely N-dealkylation sites (tertiary alicyclic amines) is 1. The lowest BCUT2D eigenvalue weighted by atomic mass is 9.54. The lowest BCUT2D eigenvalue weighted by molar-refractivity contribution is -0.175. The Kier molecular flexibility index (Phi) is 7.13. The quantitative estimate of drug-likeness (QED) is 0.449. The standard InChI is InChI=1S/C29H37N3O7/c1-3-4-9-32(18-7-10-31(2)11-8-18)19-6-5-15-12-16-13-17-14-20(33)23(28(30)38)27(37)29(17,39)26(36)22(16)25(35)21(15)24(19)34/h5-6,16-18,22-23,34,39H,3-4,7-14H2,1-2H3,(H2,30,38)/t16-,17-,22?,23?,29-/m0/s1. The first kappa shape index (κ1) is 27.5. The van der Waals surface area contributed by atoms with Crippen molar-refractivity contribution in [2.45, 2.75) is 63.5 Å². The zero-order valence-electron chi connectivity index (χ0n) is 22.5. The van der Waals surface area contributed by atoms with Gasteiger partial charge in [-0.05, 0) is 69.8 Å². The van der Waals surface area contributed by atoms with Gasteiger partial charge in [-0.15, -0.1) is 0 Å². The fourth-order valence-corrected chi connectivity index (χ4v) is 7.30. The number of benzene rings is 1. The summed E-state index contributed by atoms with van der Waals surface area (Å²) in [6.07, 6.45) is 3.78. The molecule has 2 saturated carbocycles. The number of hydrogen-bond donors (Lipinski definition) is 3. The second kappa shape index (κ2) is 10.1. The molecule has 2 unspecified atom stereocenters. The second-order valence-corrected chi connectivity index (χ2v) is 11.8. The molecule has 0 aromatic heterocycles. The Balaban J connectivity index is 1.51. The summed E-state index contributed by atoms with van der Waals surface area (Å²) in [5.41, 5.74) is 3.85. The first-order valence-electron chi connectivity index (χ1n) is 14.0. The smallest absolute Gasteiger partial charge is 0.235 e. The maximum atomic E-state index is 13.9. The molecular formula is C29H37N3O7. The first-order chi connectivity index (χ1) is 18.5. The van der Waals surface area contributed by atoms with Gasteiger partial charge in [0.2, 0.25) is 5.91 Å². The van der Waals surface area contributed by atoms with E-state index in [1.54, 1.807) is 0 Å². The summed E-state index contributed by atoms with van der Waals surface area (Å²) >= 11 is 0. The number of nitrogens with zero attached hydrogens (tertiary/aromatic N) is 2. The number of phenolic OH excluding ortho intramolecular Hbond substituents is 1. The fraction of sp³-hybridized carbons (Fsp3) is 0.621.